The van der Waals surface area contributed by atoms with E-state index >= 15 is 0 Å². The first-order chi connectivity index (χ1) is 11.2. The number of hydrogen-bond acceptors (Lipinski definition) is 2. The average molecular weight is 377 g/mol. The predicted molar refractivity (Wildman–Crippen MR) is 95.7 cm³/mol. The van der Waals surface area contributed by atoms with E-state index in [1.54, 1.807) is 0 Å². The highest BCUT2D eigenvalue weighted by molar-refractivity contribution is 9.10. The normalized spacial score (nSPS) is 10.2. The molecule has 0 aliphatic carbocycles. The molecule has 0 unspecified atom stereocenters. The Morgan fingerprint density at radius 3 is 2.52 bits per heavy atom. The number of amides is 2. The third-order valence-electron chi connectivity index (χ3n) is 3.33. The van der Waals surface area contributed by atoms with Crippen LogP contribution in [0.15, 0.2) is 53.0 Å². The van der Waals surface area contributed by atoms with Gasteiger partial charge in [0.15, 0.2) is 0 Å². The largest absolute Gasteiger partial charge is 0.494 e. The maximum atomic E-state index is 11.8. The number of carbonyl (C=O) groups is 1. The van der Waals surface area contributed by atoms with Gasteiger partial charge >= 0.3 is 6.03 Å². The Balaban J connectivity index is 1.69. The van der Waals surface area contributed by atoms with Crippen molar-refractivity contribution >= 4 is 22.0 Å². The molecule has 0 atom stereocenters. The van der Waals surface area contributed by atoms with Crippen LogP contribution < -0.4 is 15.4 Å². The Kier molecular flexibility index (Phi) is 6.94. The summed E-state index contributed by atoms with van der Waals surface area (Å²) in [5, 5.41) is 5.71. The lowest BCUT2D eigenvalue weighted by Gasteiger charge is -2.09. The van der Waals surface area contributed by atoms with Crippen LogP contribution in [0.4, 0.5) is 4.79 Å². The van der Waals surface area contributed by atoms with Crippen LogP contribution in [0.25, 0.3) is 0 Å². The summed E-state index contributed by atoms with van der Waals surface area (Å²) in [7, 11) is 0. The Labute approximate surface area is 145 Å². The summed E-state index contributed by atoms with van der Waals surface area (Å²) in [6.45, 7) is 3.69. The van der Waals surface area contributed by atoms with Gasteiger partial charge in [0.1, 0.15) is 5.75 Å². The van der Waals surface area contributed by atoms with Gasteiger partial charge in [-0.15, -0.1) is 0 Å². The molecule has 0 aromatic heterocycles. The summed E-state index contributed by atoms with van der Waals surface area (Å²) in [5.41, 5.74) is 2.22. The summed E-state index contributed by atoms with van der Waals surface area (Å²) in [6, 6.07) is 15.6. The van der Waals surface area contributed by atoms with Crippen molar-refractivity contribution in [3.63, 3.8) is 0 Å². The lowest BCUT2D eigenvalue weighted by Crippen LogP contribution is -2.36. The van der Waals surface area contributed by atoms with Crippen molar-refractivity contribution in [2.45, 2.75) is 19.9 Å². The molecule has 2 amide bonds. The van der Waals surface area contributed by atoms with E-state index in [2.05, 4.69) is 26.6 Å². The van der Waals surface area contributed by atoms with Gasteiger partial charge in [-0.05, 0) is 42.7 Å². The van der Waals surface area contributed by atoms with Crippen LogP contribution in [0.2, 0.25) is 0 Å². The zero-order valence-corrected chi connectivity index (χ0v) is 14.7. The minimum Gasteiger partial charge on any atom is -0.494 e. The highest BCUT2D eigenvalue weighted by Crippen LogP contribution is 2.15. The first kappa shape index (κ1) is 17.3. The number of hydrogen-bond donors (Lipinski definition) is 2. The van der Waals surface area contributed by atoms with Crippen LogP contribution in [0.1, 0.15) is 18.1 Å². The molecule has 122 valence electrons. The molecule has 2 aromatic carbocycles. The predicted octanol–water partition coefficient (Wildman–Crippen LogP) is 3.89. The fourth-order valence-corrected chi connectivity index (χ4v) is 2.61. The van der Waals surface area contributed by atoms with E-state index in [1.807, 2.05) is 55.5 Å². The van der Waals surface area contributed by atoms with E-state index in [9.17, 15) is 4.79 Å². The maximum absolute atomic E-state index is 11.8. The number of nitrogens with one attached hydrogen (secondary N) is 2. The van der Waals surface area contributed by atoms with Crippen molar-refractivity contribution in [3.05, 3.63) is 64.1 Å². The van der Waals surface area contributed by atoms with Crippen LogP contribution in [-0.4, -0.2) is 19.2 Å². The molecule has 0 bridgehead atoms. The summed E-state index contributed by atoms with van der Waals surface area (Å²) in [5.74, 6) is 0.842. The van der Waals surface area contributed by atoms with Crippen molar-refractivity contribution < 1.29 is 9.53 Å². The standard InChI is InChI=1S/C18H21BrN2O2/c1-2-23-16-9-7-14(8-10-16)13-21-18(22)20-12-11-15-5-3-4-6-17(15)19/h3-10H,2,11-13H2,1H3,(H2,20,21,22). The molecule has 5 heteroatoms. The molecule has 0 aliphatic heterocycles. The van der Waals surface area contributed by atoms with Gasteiger partial charge in [-0.25, -0.2) is 4.79 Å². The van der Waals surface area contributed by atoms with E-state index in [4.69, 9.17) is 4.74 Å². The average Bonchev–Trinajstić information content (AvgIpc) is 2.56. The third-order valence-corrected chi connectivity index (χ3v) is 4.10. The Bertz CT molecular complexity index is 629. The van der Waals surface area contributed by atoms with Gasteiger partial charge in [0.25, 0.3) is 0 Å². The van der Waals surface area contributed by atoms with Crippen molar-refractivity contribution in [1.29, 1.82) is 0 Å². The molecule has 0 fully saturated rings. The molecule has 23 heavy (non-hydrogen) atoms. The molecule has 2 rings (SSSR count). The summed E-state index contributed by atoms with van der Waals surface area (Å²) >= 11 is 3.50. The monoisotopic (exact) mass is 376 g/mol. The third kappa shape index (κ3) is 5.94. The Hall–Kier alpha value is -2.01. The smallest absolute Gasteiger partial charge is 0.315 e. The summed E-state index contributed by atoms with van der Waals surface area (Å²) in [6.07, 6.45) is 0.790. The van der Waals surface area contributed by atoms with Gasteiger partial charge in [0.05, 0.1) is 6.61 Å². The van der Waals surface area contributed by atoms with Gasteiger partial charge in [0, 0.05) is 17.6 Å². The summed E-state index contributed by atoms with van der Waals surface area (Å²) < 4.78 is 6.45. The molecule has 0 spiro atoms. The number of benzene rings is 2. The number of urea groups is 1. The van der Waals surface area contributed by atoms with Crippen LogP contribution in [0.3, 0.4) is 0 Å². The highest BCUT2D eigenvalue weighted by atomic mass is 79.9. The molecular weight excluding hydrogens is 356 g/mol. The van der Waals surface area contributed by atoms with E-state index in [1.165, 1.54) is 5.56 Å². The second-order valence-corrected chi connectivity index (χ2v) is 5.88. The highest BCUT2D eigenvalue weighted by Gasteiger charge is 2.02. The second kappa shape index (κ2) is 9.20. The molecular formula is C18H21BrN2O2. The molecule has 4 nitrogen and oxygen atoms in total. The minimum absolute atomic E-state index is 0.161. The van der Waals surface area contributed by atoms with Gasteiger partial charge in [-0.1, -0.05) is 46.3 Å². The molecule has 0 radical (unpaired) electrons. The fourth-order valence-electron chi connectivity index (χ4n) is 2.13. The van der Waals surface area contributed by atoms with Gasteiger partial charge in [0.2, 0.25) is 0 Å². The lowest BCUT2D eigenvalue weighted by atomic mass is 10.1. The topological polar surface area (TPSA) is 50.4 Å². The van der Waals surface area contributed by atoms with Gasteiger partial charge < -0.3 is 15.4 Å². The number of rotatable bonds is 7. The SMILES string of the molecule is CCOc1ccc(CNC(=O)NCCc2ccccc2Br)cc1. The second-order valence-electron chi connectivity index (χ2n) is 5.03. The fraction of sp³-hybridized carbons (Fsp3) is 0.278. The molecule has 0 saturated heterocycles. The molecule has 0 saturated carbocycles. The first-order valence-corrected chi connectivity index (χ1v) is 8.45. The van der Waals surface area contributed by atoms with Crippen molar-refractivity contribution in [1.82, 2.24) is 10.6 Å². The molecule has 2 aromatic rings. The first-order valence-electron chi connectivity index (χ1n) is 7.66. The van der Waals surface area contributed by atoms with E-state index in [0.29, 0.717) is 19.7 Å². The van der Waals surface area contributed by atoms with E-state index in [0.717, 1.165) is 22.2 Å². The molecule has 0 aliphatic rings. The van der Waals surface area contributed by atoms with Crippen LogP contribution in [0.5, 0.6) is 5.75 Å². The van der Waals surface area contributed by atoms with Crippen molar-refractivity contribution in [3.8, 4) is 5.75 Å². The Morgan fingerprint density at radius 1 is 1.09 bits per heavy atom. The van der Waals surface area contributed by atoms with Crippen LogP contribution in [0, 0.1) is 0 Å². The number of ether oxygens (including phenoxy) is 1. The van der Waals surface area contributed by atoms with Crippen LogP contribution >= 0.6 is 15.9 Å². The number of carbonyl (C=O) groups excluding carboxylic acids is 1. The zero-order valence-electron chi connectivity index (χ0n) is 13.1. The van der Waals surface area contributed by atoms with E-state index in [-0.39, 0.29) is 6.03 Å². The van der Waals surface area contributed by atoms with Gasteiger partial charge in [-0.2, -0.15) is 0 Å². The lowest BCUT2D eigenvalue weighted by molar-refractivity contribution is 0.240. The zero-order chi connectivity index (χ0) is 16.5. The van der Waals surface area contributed by atoms with Crippen molar-refractivity contribution in [2.24, 2.45) is 0 Å². The Morgan fingerprint density at radius 2 is 1.83 bits per heavy atom. The molecule has 0 heterocycles. The quantitative estimate of drug-likeness (QED) is 0.769. The summed E-state index contributed by atoms with van der Waals surface area (Å²) in [4.78, 5) is 11.8. The van der Waals surface area contributed by atoms with Gasteiger partial charge in [-0.3, -0.25) is 0 Å². The van der Waals surface area contributed by atoms with Crippen molar-refractivity contribution in [2.75, 3.05) is 13.2 Å². The van der Waals surface area contributed by atoms with Crippen LogP contribution in [-0.2, 0) is 13.0 Å². The minimum atomic E-state index is -0.161. The number of halogens is 1. The maximum Gasteiger partial charge on any atom is 0.315 e. The van der Waals surface area contributed by atoms with E-state index < -0.39 is 0 Å². The molecule has 2 N–H and O–H groups in total.